The van der Waals surface area contributed by atoms with Crippen molar-refractivity contribution in [2.24, 2.45) is 5.73 Å². The summed E-state index contributed by atoms with van der Waals surface area (Å²) in [6, 6.07) is -0.428. The number of amides is 1. The van der Waals surface area contributed by atoms with E-state index in [9.17, 15) is 4.79 Å². The van der Waals surface area contributed by atoms with Gasteiger partial charge in [0.1, 0.15) is 0 Å². The fraction of sp³-hybridized carbons (Fsp3) is 0.875. The van der Waals surface area contributed by atoms with E-state index in [1.54, 1.807) is 18.7 Å². The van der Waals surface area contributed by atoms with Gasteiger partial charge in [0.25, 0.3) is 0 Å². The van der Waals surface area contributed by atoms with Crippen LogP contribution in [-0.4, -0.2) is 41.7 Å². The zero-order valence-electron chi connectivity index (χ0n) is 7.95. The van der Waals surface area contributed by atoms with Crippen LogP contribution in [-0.2, 0) is 4.79 Å². The van der Waals surface area contributed by atoms with Crippen molar-refractivity contribution in [1.82, 2.24) is 5.32 Å². The Balaban J connectivity index is 3.12. The van der Waals surface area contributed by atoms with Gasteiger partial charge in [-0.15, -0.1) is 0 Å². The second kappa shape index (κ2) is 8.34. The van der Waals surface area contributed by atoms with Crippen LogP contribution in [0.15, 0.2) is 0 Å². The van der Waals surface area contributed by atoms with Crippen molar-refractivity contribution in [2.45, 2.75) is 19.4 Å². The molecule has 5 heteroatoms. The smallest absolute Gasteiger partial charge is 0.236 e. The molecule has 0 aliphatic rings. The summed E-state index contributed by atoms with van der Waals surface area (Å²) in [5.41, 5.74) is 5.35. The lowest BCUT2D eigenvalue weighted by atomic mass is 10.3. The molecule has 0 rings (SSSR count). The highest BCUT2D eigenvalue weighted by Gasteiger charge is 2.04. The van der Waals surface area contributed by atoms with E-state index in [2.05, 4.69) is 5.32 Å². The predicted octanol–water partition coefficient (Wildman–Crippen LogP) is -0.435. The van der Waals surface area contributed by atoms with Crippen LogP contribution in [0.1, 0.15) is 13.3 Å². The fourth-order valence-corrected chi connectivity index (χ4v) is 1.46. The minimum Gasteiger partial charge on any atom is -0.396 e. The number of carbonyl (C=O) groups excluding carboxylic acids is 1. The Morgan fingerprint density at radius 3 is 2.85 bits per heavy atom. The molecule has 0 aromatic carbocycles. The summed E-state index contributed by atoms with van der Waals surface area (Å²) in [7, 11) is 0. The first-order valence-electron chi connectivity index (χ1n) is 4.40. The Morgan fingerprint density at radius 2 is 2.31 bits per heavy atom. The summed E-state index contributed by atoms with van der Waals surface area (Å²) >= 11 is 1.72. The maximum Gasteiger partial charge on any atom is 0.236 e. The van der Waals surface area contributed by atoms with Crippen molar-refractivity contribution >= 4 is 17.7 Å². The average molecular weight is 206 g/mol. The van der Waals surface area contributed by atoms with E-state index >= 15 is 0 Å². The number of hydrogen-bond donors (Lipinski definition) is 3. The maximum atomic E-state index is 10.9. The third kappa shape index (κ3) is 8.08. The third-order valence-corrected chi connectivity index (χ3v) is 2.48. The molecule has 0 bridgehead atoms. The van der Waals surface area contributed by atoms with Crippen LogP contribution in [0.5, 0.6) is 0 Å². The van der Waals surface area contributed by atoms with Crippen molar-refractivity contribution in [3.05, 3.63) is 0 Å². The van der Waals surface area contributed by atoms with Gasteiger partial charge in [-0.3, -0.25) is 4.79 Å². The van der Waals surface area contributed by atoms with E-state index in [0.717, 1.165) is 17.9 Å². The van der Waals surface area contributed by atoms with Crippen LogP contribution >= 0.6 is 11.8 Å². The molecule has 4 N–H and O–H groups in total. The molecule has 13 heavy (non-hydrogen) atoms. The number of rotatable bonds is 7. The Kier molecular flexibility index (Phi) is 8.18. The average Bonchev–Trinajstić information content (AvgIpc) is 2.10. The van der Waals surface area contributed by atoms with E-state index < -0.39 is 6.04 Å². The largest absolute Gasteiger partial charge is 0.396 e. The highest BCUT2D eigenvalue weighted by Crippen LogP contribution is 1.99. The summed E-state index contributed by atoms with van der Waals surface area (Å²) in [4.78, 5) is 10.9. The Hall–Kier alpha value is -0.260. The summed E-state index contributed by atoms with van der Waals surface area (Å²) in [5, 5.41) is 11.2. The zero-order chi connectivity index (χ0) is 10.1. The van der Waals surface area contributed by atoms with Crippen LogP contribution in [0.2, 0.25) is 0 Å². The van der Waals surface area contributed by atoms with Gasteiger partial charge in [-0.25, -0.2) is 0 Å². The first-order chi connectivity index (χ1) is 6.18. The summed E-state index contributed by atoms with van der Waals surface area (Å²) in [5.74, 6) is 1.70. The second-order valence-corrected chi connectivity index (χ2v) is 3.99. The molecule has 0 spiro atoms. The number of aliphatic hydroxyl groups is 1. The molecule has 0 fully saturated rings. The molecule has 1 atom stereocenters. The van der Waals surface area contributed by atoms with Gasteiger partial charge < -0.3 is 16.2 Å². The first kappa shape index (κ1) is 12.7. The third-order valence-electron chi connectivity index (χ3n) is 1.41. The van der Waals surface area contributed by atoms with Gasteiger partial charge >= 0.3 is 0 Å². The van der Waals surface area contributed by atoms with Crippen molar-refractivity contribution in [3.63, 3.8) is 0 Å². The predicted molar refractivity (Wildman–Crippen MR) is 55.7 cm³/mol. The van der Waals surface area contributed by atoms with E-state index in [-0.39, 0.29) is 12.5 Å². The number of hydrogen-bond acceptors (Lipinski definition) is 4. The molecule has 4 nitrogen and oxygen atoms in total. The highest BCUT2D eigenvalue weighted by atomic mass is 32.2. The van der Waals surface area contributed by atoms with Crippen LogP contribution < -0.4 is 11.1 Å². The van der Waals surface area contributed by atoms with Gasteiger partial charge in [0.05, 0.1) is 6.04 Å². The standard InChI is InChI=1S/C8H18N2O2S/c1-7(9)8(12)10-3-6-13-5-2-4-11/h7,11H,2-6,9H2,1H3,(H,10,12)/t7-/m1/s1. The van der Waals surface area contributed by atoms with E-state index in [0.29, 0.717) is 6.54 Å². The first-order valence-corrected chi connectivity index (χ1v) is 5.56. The Morgan fingerprint density at radius 1 is 1.62 bits per heavy atom. The quantitative estimate of drug-likeness (QED) is 0.494. The van der Waals surface area contributed by atoms with Gasteiger partial charge in [0.15, 0.2) is 0 Å². The fourth-order valence-electron chi connectivity index (χ4n) is 0.676. The van der Waals surface area contributed by atoms with E-state index in [4.69, 9.17) is 10.8 Å². The van der Waals surface area contributed by atoms with E-state index in [1.807, 2.05) is 0 Å². The topological polar surface area (TPSA) is 75.4 Å². The lowest BCUT2D eigenvalue weighted by Gasteiger charge is -2.06. The van der Waals surface area contributed by atoms with Gasteiger partial charge in [0, 0.05) is 18.9 Å². The lowest BCUT2D eigenvalue weighted by Crippen LogP contribution is -2.39. The molecule has 1 amide bonds. The van der Waals surface area contributed by atoms with Gasteiger partial charge in [-0.1, -0.05) is 0 Å². The van der Waals surface area contributed by atoms with Gasteiger partial charge in [0.2, 0.25) is 5.91 Å². The molecule has 0 aromatic heterocycles. The molecule has 0 saturated heterocycles. The Labute approximate surface area is 83.3 Å². The Bertz CT molecular complexity index is 142. The number of nitrogens with one attached hydrogen (secondary N) is 1. The van der Waals surface area contributed by atoms with Crippen LogP contribution in [0.3, 0.4) is 0 Å². The molecule has 0 radical (unpaired) electrons. The van der Waals surface area contributed by atoms with Crippen molar-refractivity contribution in [2.75, 3.05) is 24.7 Å². The number of thioether (sulfide) groups is 1. The molecule has 0 aliphatic heterocycles. The molecular formula is C8H18N2O2S. The maximum absolute atomic E-state index is 10.9. The lowest BCUT2D eigenvalue weighted by molar-refractivity contribution is -0.121. The highest BCUT2D eigenvalue weighted by molar-refractivity contribution is 7.99. The van der Waals surface area contributed by atoms with Gasteiger partial charge in [-0.2, -0.15) is 11.8 Å². The SMILES string of the molecule is C[C@@H](N)C(=O)NCCSCCCO. The van der Waals surface area contributed by atoms with Gasteiger partial charge in [-0.05, 0) is 19.1 Å². The molecule has 78 valence electrons. The second-order valence-electron chi connectivity index (χ2n) is 2.77. The number of carbonyl (C=O) groups is 1. The summed E-state index contributed by atoms with van der Waals surface area (Å²) in [6.45, 7) is 2.55. The molecule has 0 unspecified atom stereocenters. The summed E-state index contributed by atoms with van der Waals surface area (Å²) in [6.07, 6.45) is 0.811. The normalized spacial score (nSPS) is 12.5. The number of nitrogens with two attached hydrogens (primary N) is 1. The van der Waals surface area contributed by atoms with Crippen molar-refractivity contribution in [3.8, 4) is 0 Å². The van der Waals surface area contributed by atoms with E-state index in [1.165, 1.54) is 0 Å². The van der Waals surface area contributed by atoms with Crippen LogP contribution in [0, 0.1) is 0 Å². The van der Waals surface area contributed by atoms with Crippen LogP contribution in [0.4, 0.5) is 0 Å². The van der Waals surface area contributed by atoms with Crippen molar-refractivity contribution < 1.29 is 9.90 Å². The molecule has 0 aliphatic carbocycles. The minimum absolute atomic E-state index is 0.109. The van der Waals surface area contributed by atoms with Crippen LogP contribution in [0.25, 0.3) is 0 Å². The minimum atomic E-state index is -0.428. The molecular weight excluding hydrogens is 188 g/mol. The monoisotopic (exact) mass is 206 g/mol. The molecule has 0 saturated carbocycles. The zero-order valence-corrected chi connectivity index (χ0v) is 8.77. The molecule has 0 aromatic rings. The number of aliphatic hydroxyl groups excluding tert-OH is 1. The van der Waals surface area contributed by atoms with Crippen molar-refractivity contribution in [1.29, 1.82) is 0 Å². The molecule has 0 heterocycles. The summed E-state index contributed by atoms with van der Waals surface area (Å²) < 4.78 is 0.